The van der Waals surface area contributed by atoms with Gasteiger partial charge in [-0.2, -0.15) is 0 Å². The van der Waals surface area contributed by atoms with Crippen LogP contribution in [0.5, 0.6) is 5.75 Å². The summed E-state index contributed by atoms with van der Waals surface area (Å²) in [6, 6.07) is 14.3. The van der Waals surface area contributed by atoms with Crippen molar-refractivity contribution in [2.45, 2.75) is 70.8 Å². The van der Waals surface area contributed by atoms with Crippen molar-refractivity contribution in [1.29, 1.82) is 0 Å². The predicted octanol–water partition coefficient (Wildman–Crippen LogP) is 6.53. The van der Waals surface area contributed by atoms with E-state index < -0.39 is 0 Å². The molecule has 0 radical (unpaired) electrons. The van der Waals surface area contributed by atoms with Crippen molar-refractivity contribution in [1.82, 2.24) is 0 Å². The Labute approximate surface area is 175 Å². The lowest BCUT2D eigenvalue weighted by Gasteiger charge is -2.37. The van der Waals surface area contributed by atoms with E-state index in [1.54, 1.807) is 6.07 Å². The molecular formula is C26H36N2O. The Morgan fingerprint density at radius 3 is 2.03 bits per heavy atom. The monoisotopic (exact) mass is 392 g/mol. The van der Waals surface area contributed by atoms with Crippen molar-refractivity contribution in [2.24, 2.45) is 17.8 Å². The highest BCUT2D eigenvalue weighted by atomic mass is 16.5. The van der Waals surface area contributed by atoms with Crippen LogP contribution in [0.3, 0.4) is 0 Å². The molecule has 2 aliphatic rings. The summed E-state index contributed by atoms with van der Waals surface area (Å²) in [5.41, 5.74) is 15.6. The van der Waals surface area contributed by atoms with Gasteiger partial charge in [-0.3, -0.25) is 0 Å². The Morgan fingerprint density at radius 2 is 1.41 bits per heavy atom. The lowest BCUT2D eigenvalue weighted by molar-refractivity contribution is 0.165. The molecule has 0 bridgehead atoms. The standard InChI is InChI=1S/C26H36N2O/c1-18-2-4-19(5-3-18)20-6-8-21(9-7-20)22-11-14-25(15-12-22)29-17-23-10-13-24(27)16-26(23)28/h10-16,18-21H,2-9,17,27-28H2,1H3. The van der Waals surface area contributed by atoms with Gasteiger partial charge in [0.25, 0.3) is 0 Å². The van der Waals surface area contributed by atoms with Crippen molar-refractivity contribution >= 4 is 11.4 Å². The molecule has 0 spiro atoms. The summed E-state index contributed by atoms with van der Waals surface area (Å²) in [7, 11) is 0. The van der Waals surface area contributed by atoms with E-state index >= 15 is 0 Å². The SMILES string of the molecule is CC1CCC(C2CCC(c3ccc(OCc4ccc(N)cc4N)cc3)CC2)CC1. The smallest absolute Gasteiger partial charge is 0.119 e. The first-order valence-electron chi connectivity index (χ1n) is 11.4. The minimum atomic E-state index is 0.469. The number of hydrogen-bond acceptors (Lipinski definition) is 3. The minimum absolute atomic E-state index is 0.469. The van der Waals surface area contributed by atoms with Crippen molar-refractivity contribution in [3.63, 3.8) is 0 Å². The van der Waals surface area contributed by atoms with Crippen LogP contribution in [0.25, 0.3) is 0 Å². The van der Waals surface area contributed by atoms with E-state index in [1.807, 2.05) is 12.1 Å². The van der Waals surface area contributed by atoms with Gasteiger partial charge in [0, 0.05) is 16.9 Å². The second-order valence-corrected chi connectivity index (χ2v) is 9.45. The maximum Gasteiger partial charge on any atom is 0.119 e. The Morgan fingerprint density at radius 1 is 0.793 bits per heavy atom. The molecule has 2 fully saturated rings. The first kappa shape index (κ1) is 20.1. The van der Waals surface area contributed by atoms with E-state index in [2.05, 4.69) is 31.2 Å². The van der Waals surface area contributed by atoms with Crippen LogP contribution in [0.4, 0.5) is 11.4 Å². The molecule has 3 heteroatoms. The van der Waals surface area contributed by atoms with E-state index in [9.17, 15) is 0 Å². The molecule has 0 atom stereocenters. The van der Waals surface area contributed by atoms with Crippen molar-refractivity contribution in [3.05, 3.63) is 53.6 Å². The average Bonchev–Trinajstić information content (AvgIpc) is 2.74. The second kappa shape index (κ2) is 9.11. The Balaban J connectivity index is 1.27. The van der Waals surface area contributed by atoms with Gasteiger partial charge in [-0.05, 0) is 92.0 Å². The molecule has 2 aromatic rings. The van der Waals surface area contributed by atoms with Gasteiger partial charge >= 0.3 is 0 Å². The number of ether oxygens (including phenoxy) is 1. The van der Waals surface area contributed by atoms with Gasteiger partial charge in [0.05, 0.1) is 0 Å². The molecule has 156 valence electrons. The lowest BCUT2D eigenvalue weighted by Crippen LogP contribution is -2.24. The highest BCUT2D eigenvalue weighted by Gasteiger charge is 2.30. The molecule has 0 saturated heterocycles. The lowest BCUT2D eigenvalue weighted by atomic mass is 9.68. The molecule has 0 amide bonds. The van der Waals surface area contributed by atoms with Crippen LogP contribution in [-0.2, 0) is 6.61 Å². The molecule has 3 nitrogen and oxygen atoms in total. The third-order valence-corrected chi connectivity index (χ3v) is 7.41. The molecule has 4 N–H and O–H groups in total. The number of nitrogens with two attached hydrogens (primary N) is 2. The molecular weight excluding hydrogens is 356 g/mol. The Bertz CT molecular complexity index is 785. The summed E-state index contributed by atoms with van der Waals surface area (Å²) < 4.78 is 5.94. The molecule has 0 heterocycles. The van der Waals surface area contributed by atoms with E-state index in [0.29, 0.717) is 18.0 Å². The number of rotatable bonds is 5. The Kier molecular flexibility index (Phi) is 6.32. The van der Waals surface area contributed by atoms with Crippen LogP contribution in [0.2, 0.25) is 0 Å². The molecule has 2 aliphatic carbocycles. The predicted molar refractivity (Wildman–Crippen MR) is 122 cm³/mol. The van der Waals surface area contributed by atoms with Gasteiger partial charge < -0.3 is 16.2 Å². The normalized spacial score (nSPS) is 27.5. The second-order valence-electron chi connectivity index (χ2n) is 9.45. The molecule has 29 heavy (non-hydrogen) atoms. The van der Waals surface area contributed by atoms with Crippen molar-refractivity contribution in [2.75, 3.05) is 11.5 Å². The van der Waals surface area contributed by atoms with E-state index in [0.717, 1.165) is 35.0 Å². The van der Waals surface area contributed by atoms with Gasteiger partial charge in [-0.15, -0.1) is 0 Å². The molecule has 2 aromatic carbocycles. The molecule has 0 unspecified atom stereocenters. The topological polar surface area (TPSA) is 61.3 Å². The van der Waals surface area contributed by atoms with Crippen LogP contribution < -0.4 is 16.2 Å². The zero-order chi connectivity index (χ0) is 20.2. The van der Waals surface area contributed by atoms with Gasteiger partial charge in [0.2, 0.25) is 0 Å². The highest BCUT2D eigenvalue weighted by molar-refractivity contribution is 5.56. The zero-order valence-corrected chi connectivity index (χ0v) is 17.8. The van der Waals surface area contributed by atoms with Crippen LogP contribution in [0, 0.1) is 17.8 Å². The third-order valence-electron chi connectivity index (χ3n) is 7.41. The van der Waals surface area contributed by atoms with E-state index in [4.69, 9.17) is 16.2 Å². The maximum atomic E-state index is 6.02. The fraction of sp³-hybridized carbons (Fsp3) is 0.538. The largest absolute Gasteiger partial charge is 0.489 e. The minimum Gasteiger partial charge on any atom is -0.489 e. The first-order chi connectivity index (χ1) is 14.1. The van der Waals surface area contributed by atoms with Gasteiger partial charge in [-0.25, -0.2) is 0 Å². The number of benzene rings is 2. The summed E-state index contributed by atoms with van der Waals surface area (Å²) in [6.07, 6.45) is 11.4. The van der Waals surface area contributed by atoms with Crippen LogP contribution in [0.1, 0.15) is 75.3 Å². The number of hydrogen-bond donors (Lipinski definition) is 2. The zero-order valence-electron chi connectivity index (χ0n) is 17.8. The first-order valence-corrected chi connectivity index (χ1v) is 11.4. The molecule has 0 aromatic heterocycles. The number of nitrogen functional groups attached to an aromatic ring is 2. The quantitative estimate of drug-likeness (QED) is 0.569. The maximum absolute atomic E-state index is 6.02. The summed E-state index contributed by atoms with van der Waals surface area (Å²) >= 11 is 0. The van der Waals surface area contributed by atoms with E-state index in [1.165, 1.54) is 56.9 Å². The Hall–Kier alpha value is -2.16. The fourth-order valence-corrected chi connectivity index (χ4v) is 5.42. The van der Waals surface area contributed by atoms with Gasteiger partial charge in [-0.1, -0.05) is 38.0 Å². The van der Waals surface area contributed by atoms with Crippen molar-refractivity contribution in [3.8, 4) is 5.75 Å². The van der Waals surface area contributed by atoms with Gasteiger partial charge in [0.15, 0.2) is 0 Å². The van der Waals surface area contributed by atoms with Crippen LogP contribution in [-0.4, -0.2) is 0 Å². The molecule has 4 rings (SSSR count). The fourth-order valence-electron chi connectivity index (χ4n) is 5.42. The molecule has 2 saturated carbocycles. The summed E-state index contributed by atoms with van der Waals surface area (Å²) in [6.45, 7) is 2.89. The van der Waals surface area contributed by atoms with E-state index in [-0.39, 0.29) is 0 Å². The van der Waals surface area contributed by atoms with Gasteiger partial charge in [0.1, 0.15) is 12.4 Å². The van der Waals surface area contributed by atoms with Crippen LogP contribution in [0.15, 0.2) is 42.5 Å². The summed E-state index contributed by atoms with van der Waals surface area (Å²) in [5, 5.41) is 0. The summed E-state index contributed by atoms with van der Waals surface area (Å²) in [4.78, 5) is 0. The molecule has 0 aliphatic heterocycles. The summed E-state index contributed by atoms with van der Waals surface area (Å²) in [5.74, 6) is 4.56. The van der Waals surface area contributed by atoms with Crippen molar-refractivity contribution < 1.29 is 4.74 Å². The average molecular weight is 393 g/mol. The highest BCUT2D eigenvalue weighted by Crippen LogP contribution is 2.43. The van der Waals surface area contributed by atoms with Crippen LogP contribution >= 0.6 is 0 Å². The number of anilines is 2. The third kappa shape index (κ3) is 5.07.